The van der Waals surface area contributed by atoms with Crippen LogP contribution in [-0.4, -0.2) is 19.0 Å². The zero-order chi connectivity index (χ0) is 19.9. The van der Waals surface area contributed by atoms with Crippen LogP contribution in [0.5, 0.6) is 5.75 Å². The SMILES string of the molecule is COc1ccc(C)cc1NC(=O)C(OC(=O)c1ccccc1)c1ccccc1. The van der Waals surface area contributed by atoms with Gasteiger partial charge in [0.25, 0.3) is 5.91 Å². The Morgan fingerprint density at radius 2 is 1.54 bits per heavy atom. The fourth-order valence-electron chi connectivity index (χ4n) is 2.77. The number of methoxy groups -OCH3 is 1. The summed E-state index contributed by atoms with van der Waals surface area (Å²) in [6.45, 7) is 1.92. The zero-order valence-electron chi connectivity index (χ0n) is 15.7. The van der Waals surface area contributed by atoms with Crippen LogP contribution in [0, 0.1) is 6.92 Å². The summed E-state index contributed by atoms with van der Waals surface area (Å²) in [6.07, 6.45) is -1.10. The molecule has 0 aromatic heterocycles. The first-order chi connectivity index (χ1) is 13.6. The van der Waals surface area contributed by atoms with Crippen LogP contribution in [-0.2, 0) is 9.53 Å². The molecule has 1 N–H and O–H groups in total. The lowest BCUT2D eigenvalue weighted by atomic mass is 10.1. The predicted molar refractivity (Wildman–Crippen MR) is 107 cm³/mol. The summed E-state index contributed by atoms with van der Waals surface area (Å²) in [5.41, 5.74) is 2.44. The van der Waals surface area contributed by atoms with Crippen LogP contribution in [0.1, 0.15) is 27.6 Å². The van der Waals surface area contributed by atoms with Crippen LogP contribution < -0.4 is 10.1 Å². The number of carbonyl (C=O) groups excluding carboxylic acids is 2. The Bertz CT molecular complexity index is 955. The third-order valence-electron chi connectivity index (χ3n) is 4.19. The van der Waals surface area contributed by atoms with Crippen molar-refractivity contribution in [3.05, 3.63) is 95.6 Å². The van der Waals surface area contributed by atoms with E-state index in [2.05, 4.69) is 5.32 Å². The topological polar surface area (TPSA) is 64.6 Å². The molecular weight excluding hydrogens is 354 g/mol. The lowest BCUT2D eigenvalue weighted by molar-refractivity contribution is -0.125. The highest BCUT2D eigenvalue weighted by atomic mass is 16.5. The Hall–Kier alpha value is -3.60. The van der Waals surface area contributed by atoms with Crippen LogP contribution in [0.4, 0.5) is 5.69 Å². The molecule has 0 saturated heterocycles. The first-order valence-electron chi connectivity index (χ1n) is 8.85. The molecule has 3 rings (SSSR count). The molecule has 3 aromatic rings. The minimum Gasteiger partial charge on any atom is -0.495 e. The number of hydrogen-bond donors (Lipinski definition) is 1. The molecule has 0 saturated carbocycles. The number of nitrogens with one attached hydrogen (secondary N) is 1. The molecule has 142 valence electrons. The Kier molecular flexibility index (Phi) is 6.07. The van der Waals surface area contributed by atoms with E-state index in [0.717, 1.165) is 5.56 Å². The first kappa shape index (κ1) is 19.2. The smallest absolute Gasteiger partial charge is 0.339 e. The quantitative estimate of drug-likeness (QED) is 0.643. The third kappa shape index (κ3) is 4.57. The van der Waals surface area contributed by atoms with E-state index in [1.54, 1.807) is 60.7 Å². The van der Waals surface area contributed by atoms with Crippen molar-refractivity contribution in [2.75, 3.05) is 12.4 Å². The lowest BCUT2D eigenvalue weighted by Crippen LogP contribution is -2.26. The summed E-state index contributed by atoms with van der Waals surface area (Å²) in [6, 6.07) is 23.0. The van der Waals surface area contributed by atoms with Crippen LogP contribution in [0.2, 0.25) is 0 Å². The molecule has 0 heterocycles. The highest BCUT2D eigenvalue weighted by Gasteiger charge is 2.26. The van der Waals surface area contributed by atoms with Crippen molar-refractivity contribution in [1.29, 1.82) is 0 Å². The summed E-state index contributed by atoms with van der Waals surface area (Å²) < 4.78 is 10.9. The molecule has 3 aromatic carbocycles. The maximum atomic E-state index is 13.0. The Morgan fingerprint density at radius 3 is 2.18 bits per heavy atom. The molecule has 5 nitrogen and oxygen atoms in total. The minimum atomic E-state index is -1.10. The summed E-state index contributed by atoms with van der Waals surface area (Å²) in [5.74, 6) is -0.500. The number of hydrogen-bond acceptors (Lipinski definition) is 4. The van der Waals surface area contributed by atoms with Gasteiger partial charge in [0.05, 0.1) is 18.4 Å². The third-order valence-corrected chi connectivity index (χ3v) is 4.19. The Balaban J connectivity index is 1.88. The second-order valence-electron chi connectivity index (χ2n) is 6.26. The predicted octanol–water partition coefficient (Wildman–Crippen LogP) is 4.54. The molecule has 28 heavy (non-hydrogen) atoms. The van der Waals surface area contributed by atoms with Crippen molar-refractivity contribution in [1.82, 2.24) is 0 Å². The zero-order valence-corrected chi connectivity index (χ0v) is 15.7. The number of amides is 1. The largest absolute Gasteiger partial charge is 0.495 e. The number of ether oxygens (including phenoxy) is 2. The fourth-order valence-corrected chi connectivity index (χ4v) is 2.77. The van der Waals surface area contributed by atoms with E-state index in [1.807, 2.05) is 25.1 Å². The van der Waals surface area contributed by atoms with Crippen molar-refractivity contribution >= 4 is 17.6 Å². The molecular formula is C23H21NO4. The molecule has 1 unspecified atom stereocenters. The molecule has 0 bridgehead atoms. The molecule has 5 heteroatoms. The normalized spacial score (nSPS) is 11.4. The first-order valence-corrected chi connectivity index (χ1v) is 8.85. The minimum absolute atomic E-state index is 0.379. The van der Waals surface area contributed by atoms with Crippen LogP contribution in [0.25, 0.3) is 0 Å². The number of esters is 1. The van der Waals surface area contributed by atoms with E-state index >= 15 is 0 Å². The lowest BCUT2D eigenvalue weighted by Gasteiger charge is -2.19. The average molecular weight is 375 g/mol. The van der Waals surface area contributed by atoms with Crippen molar-refractivity contribution in [2.45, 2.75) is 13.0 Å². The monoisotopic (exact) mass is 375 g/mol. The van der Waals surface area contributed by atoms with E-state index in [4.69, 9.17) is 9.47 Å². The molecule has 0 radical (unpaired) electrons. The standard InChI is InChI=1S/C23H21NO4/c1-16-13-14-20(27-2)19(15-16)24-22(25)21(17-9-5-3-6-10-17)28-23(26)18-11-7-4-8-12-18/h3-15,21H,1-2H3,(H,24,25). The molecule has 0 aliphatic heterocycles. The van der Waals surface area contributed by atoms with Crippen LogP contribution in [0.3, 0.4) is 0 Å². The van der Waals surface area contributed by atoms with Gasteiger partial charge in [0.1, 0.15) is 5.75 Å². The summed E-state index contributed by atoms with van der Waals surface area (Å²) in [5, 5.41) is 2.82. The Labute approximate surface area is 163 Å². The number of rotatable bonds is 6. The van der Waals surface area contributed by atoms with Gasteiger partial charge in [-0.2, -0.15) is 0 Å². The van der Waals surface area contributed by atoms with Gasteiger partial charge in [-0.1, -0.05) is 54.6 Å². The number of anilines is 1. The average Bonchev–Trinajstić information content (AvgIpc) is 2.73. The highest BCUT2D eigenvalue weighted by Crippen LogP contribution is 2.28. The van der Waals surface area contributed by atoms with E-state index in [0.29, 0.717) is 22.6 Å². The highest BCUT2D eigenvalue weighted by molar-refractivity contribution is 5.99. The molecule has 1 amide bonds. The fraction of sp³-hybridized carbons (Fsp3) is 0.130. The van der Waals surface area contributed by atoms with Gasteiger partial charge in [0, 0.05) is 5.56 Å². The maximum absolute atomic E-state index is 13.0. The molecule has 1 atom stereocenters. The van der Waals surface area contributed by atoms with Crippen molar-refractivity contribution in [2.24, 2.45) is 0 Å². The van der Waals surface area contributed by atoms with Gasteiger partial charge < -0.3 is 14.8 Å². The molecule has 0 aliphatic rings. The summed E-state index contributed by atoms with van der Waals surface area (Å²) >= 11 is 0. The van der Waals surface area contributed by atoms with Gasteiger partial charge in [0.2, 0.25) is 6.10 Å². The number of benzene rings is 3. The van der Waals surface area contributed by atoms with Gasteiger partial charge in [-0.05, 0) is 36.8 Å². The van der Waals surface area contributed by atoms with Gasteiger partial charge in [-0.25, -0.2) is 4.79 Å². The molecule has 0 fully saturated rings. The summed E-state index contributed by atoms with van der Waals surface area (Å²) in [4.78, 5) is 25.6. The van der Waals surface area contributed by atoms with Gasteiger partial charge in [-0.15, -0.1) is 0 Å². The Morgan fingerprint density at radius 1 is 0.893 bits per heavy atom. The van der Waals surface area contributed by atoms with Crippen molar-refractivity contribution in [3.63, 3.8) is 0 Å². The molecule has 0 aliphatic carbocycles. The van der Waals surface area contributed by atoms with Gasteiger partial charge in [0.15, 0.2) is 0 Å². The van der Waals surface area contributed by atoms with Crippen LogP contribution in [0.15, 0.2) is 78.9 Å². The van der Waals surface area contributed by atoms with Gasteiger partial charge >= 0.3 is 5.97 Å². The second-order valence-corrected chi connectivity index (χ2v) is 6.26. The van der Waals surface area contributed by atoms with E-state index in [-0.39, 0.29) is 0 Å². The molecule has 0 spiro atoms. The van der Waals surface area contributed by atoms with Crippen molar-refractivity contribution in [3.8, 4) is 5.75 Å². The van der Waals surface area contributed by atoms with Crippen LogP contribution >= 0.6 is 0 Å². The van der Waals surface area contributed by atoms with E-state index in [9.17, 15) is 9.59 Å². The van der Waals surface area contributed by atoms with E-state index in [1.165, 1.54) is 7.11 Å². The summed E-state index contributed by atoms with van der Waals surface area (Å²) in [7, 11) is 1.53. The number of aryl methyl sites for hydroxylation is 1. The maximum Gasteiger partial charge on any atom is 0.339 e. The number of carbonyl (C=O) groups is 2. The van der Waals surface area contributed by atoms with Crippen molar-refractivity contribution < 1.29 is 19.1 Å². The van der Waals surface area contributed by atoms with Gasteiger partial charge in [-0.3, -0.25) is 4.79 Å². The van der Waals surface area contributed by atoms with E-state index < -0.39 is 18.0 Å². The second kappa shape index (κ2) is 8.86.